The monoisotopic (exact) mass is 333 g/mol. The first-order chi connectivity index (χ1) is 11.4. The lowest BCUT2D eigenvalue weighted by molar-refractivity contribution is 0.0442. The van der Waals surface area contributed by atoms with Crippen molar-refractivity contribution in [2.24, 2.45) is 0 Å². The van der Waals surface area contributed by atoms with Gasteiger partial charge in [-0.15, -0.1) is 0 Å². The number of Topliss-reactive ketones (excluding diaryl/α,β-unsaturated/α-hetero) is 1. The molecule has 24 heavy (non-hydrogen) atoms. The Morgan fingerprint density at radius 1 is 1.12 bits per heavy atom. The molecule has 2 aromatic heterocycles. The summed E-state index contributed by atoms with van der Waals surface area (Å²) < 4.78 is 15.0. The van der Waals surface area contributed by atoms with E-state index in [4.69, 9.17) is 13.9 Å². The van der Waals surface area contributed by atoms with Gasteiger partial charge in [-0.25, -0.2) is 9.59 Å². The van der Waals surface area contributed by atoms with Crippen LogP contribution in [0, 0.1) is 20.8 Å². The van der Waals surface area contributed by atoms with Crippen LogP contribution < -0.4 is 0 Å². The molecular formula is C17H19NO6. The molecule has 0 fully saturated rings. The van der Waals surface area contributed by atoms with Crippen LogP contribution in [0.5, 0.6) is 0 Å². The fraction of sp³-hybridized carbons (Fsp3) is 0.353. The molecule has 0 aliphatic rings. The highest BCUT2D eigenvalue weighted by molar-refractivity contribution is 6.04. The minimum Gasteiger partial charge on any atom is -0.461 e. The third-order valence-electron chi connectivity index (χ3n) is 3.58. The number of rotatable bonds is 6. The molecule has 2 aromatic rings. The SMILES string of the molecule is CCOC(=O)c1[nH]c(C)c(C(=O)COC(=O)c2occc2C)c1C. The Hall–Kier alpha value is -2.83. The second-order valence-electron chi connectivity index (χ2n) is 5.28. The third kappa shape index (κ3) is 3.40. The molecule has 0 amide bonds. The molecule has 2 rings (SSSR count). The van der Waals surface area contributed by atoms with Gasteiger partial charge in [-0.2, -0.15) is 0 Å². The van der Waals surface area contributed by atoms with Crippen LogP contribution in [0.4, 0.5) is 0 Å². The summed E-state index contributed by atoms with van der Waals surface area (Å²) in [5, 5.41) is 0. The predicted molar refractivity (Wildman–Crippen MR) is 84.3 cm³/mol. The Morgan fingerprint density at radius 3 is 2.42 bits per heavy atom. The van der Waals surface area contributed by atoms with Crippen LogP contribution in [0.25, 0.3) is 0 Å². The molecule has 0 aliphatic carbocycles. The molecule has 0 bridgehead atoms. The van der Waals surface area contributed by atoms with Gasteiger partial charge in [0.1, 0.15) is 5.69 Å². The van der Waals surface area contributed by atoms with Gasteiger partial charge in [0.25, 0.3) is 0 Å². The molecule has 0 aliphatic heterocycles. The largest absolute Gasteiger partial charge is 0.461 e. The number of aryl methyl sites for hydroxylation is 2. The number of aromatic nitrogens is 1. The van der Waals surface area contributed by atoms with Crippen LogP contribution in [0.3, 0.4) is 0 Å². The van der Waals surface area contributed by atoms with Crippen LogP contribution in [-0.2, 0) is 9.47 Å². The van der Waals surface area contributed by atoms with E-state index in [9.17, 15) is 14.4 Å². The van der Waals surface area contributed by atoms with Crippen LogP contribution in [-0.4, -0.2) is 35.9 Å². The first-order valence-corrected chi connectivity index (χ1v) is 7.47. The van der Waals surface area contributed by atoms with E-state index >= 15 is 0 Å². The highest BCUT2D eigenvalue weighted by Crippen LogP contribution is 2.20. The van der Waals surface area contributed by atoms with E-state index in [1.54, 1.807) is 33.8 Å². The topological polar surface area (TPSA) is 98.6 Å². The van der Waals surface area contributed by atoms with E-state index in [0.29, 0.717) is 22.4 Å². The van der Waals surface area contributed by atoms with E-state index in [1.807, 2.05) is 0 Å². The van der Waals surface area contributed by atoms with E-state index in [0.717, 1.165) is 0 Å². The van der Waals surface area contributed by atoms with Crippen molar-refractivity contribution in [2.75, 3.05) is 13.2 Å². The minimum atomic E-state index is -0.706. The summed E-state index contributed by atoms with van der Waals surface area (Å²) >= 11 is 0. The molecular weight excluding hydrogens is 314 g/mol. The van der Waals surface area contributed by atoms with Gasteiger partial charge in [-0.1, -0.05) is 0 Å². The van der Waals surface area contributed by atoms with E-state index in [-0.39, 0.29) is 18.1 Å². The predicted octanol–water partition coefficient (Wildman–Crippen LogP) is 2.75. The van der Waals surface area contributed by atoms with Crippen molar-refractivity contribution in [2.45, 2.75) is 27.7 Å². The van der Waals surface area contributed by atoms with Gasteiger partial charge in [-0.3, -0.25) is 4.79 Å². The first kappa shape index (κ1) is 17.5. The molecule has 0 saturated heterocycles. The van der Waals surface area contributed by atoms with Gasteiger partial charge in [-0.05, 0) is 39.3 Å². The zero-order chi connectivity index (χ0) is 17.9. The number of hydrogen-bond donors (Lipinski definition) is 1. The average molecular weight is 333 g/mol. The van der Waals surface area contributed by atoms with Gasteiger partial charge in [0.2, 0.25) is 11.5 Å². The number of H-pyrrole nitrogens is 1. The third-order valence-corrected chi connectivity index (χ3v) is 3.58. The lowest BCUT2D eigenvalue weighted by Crippen LogP contribution is -2.15. The van der Waals surface area contributed by atoms with Crippen LogP contribution in [0.2, 0.25) is 0 Å². The zero-order valence-corrected chi connectivity index (χ0v) is 14.0. The van der Waals surface area contributed by atoms with E-state index < -0.39 is 24.3 Å². The van der Waals surface area contributed by atoms with Gasteiger partial charge in [0.15, 0.2) is 6.61 Å². The van der Waals surface area contributed by atoms with Crippen molar-refractivity contribution in [3.05, 3.63) is 46.2 Å². The number of carbonyl (C=O) groups excluding carboxylic acids is 3. The fourth-order valence-electron chi connectivity index (χ4n) is 2.43. The Labute approximate surface area is 138 Å². The number of furan rings is 1. The number of ketones is 1. The van der Waals surface area contributed by atoms with Gasteiger partial charge < -0.3 is 18.9 Å². The van der Waals surface area contributed by atoms with Gasteiger partial charge in [0, 0.05) is 16.8 Å². The molecule has 7 heteroatoms. The first-order valence-electron chi connectivity index (χ1n) is 7.47. The maximum Gasteiger partial charge on any atom is 0.374 e. The summed E-state index contributed by atoms with van der Waals surface area (Å²) in [4.78, 5) is 38.9. The number of ether oxygens (including phenoxy) is 2. The van der Waals surface area contributed by atoms with Crippen molar-refractivity contribution >= 4 is 17.7 Å². The molecule has 128 valence electrons. The van der Waals surface area contributed by atoms with Crippen molar-refractivity contribution in [1.82, 2.24) is 4.98 Å². The molecule has 1 N–H and O–H groups in total. The molecule has 0 atom stereocenters. The highest BCUT2D eigenvalue weighted by Gasteiger charge is 2.24. The molecule has 0 spiro atoms. The number of nitrogens with one attached hydrogen (secondary N) is 1. The summed E-state index contributed by atoms with van der Waals surface area (Å²) in [5.41, 5.74) is 2.17. The van der Waals surface area contributed by atoms with Crippen LogP contribution in [0.1, 0.15) is 55.1 Å². The molecule has 0 unspecified atom stereocenters. The zero-order valence-electron chi connectivity index (χ0n) is 14.0. The number of aromatic amines is 1. The van der Waals surface area contributed by atoms with Gasteiger partial charge in [0.05, 0.1) is 12.9 Å². The van der Waals surface area contributed by atoms with Crippen LogP contribution >= 0.6 is 0 Å². The molecule has 0 radical (unpaired) electrons. The second kappa shape index (κ2) is 7.16. The Morgan fingerprint density at radius 2 is 1.83 bits per heavy atom. The number of esters is 2. The molecule has 0 aromatic carbocycles. The van der Waals surface area contributed by atoms with Crippen molar-refractivity contribution in [1.29, 1.82) is 0 Å². The minimum absolute atomic E-state index is 0.0672. The summed E-state index contributed by atoms with van der Waals surface area (Å²) in [6.07, 6.45) is 1.37. The summed E-state index contributed by atoms with van der Waals surface area (Å²) in [6.45, 7) is 6.50. The lowest BCUT2D eigenvalue weighted by Gasteiger charge is -2.04. The Balaban J connectivity index is 2.11. The molecule has 2 heterocycles. The smallest absolute Gasteiger partial charge is 0.374 e. The maximum atomic E-state index is 12.4. The average Bonchev–Trinajstić information content (AvgIpc) is 3.08. The normalized spacial score (nSPS) is 10.5. The highest BCUT2D eigenvalue weighted by atomic mass is 16.5. The molecule has 7 nitrogen and oxygen atoms in total. The lowest BCUT2D eigenvalue weighted by atomic mass is 10.1. The fourth-order valence-corrected chi connectivity index (χ4v) is 2.43. The number of hydrogen-bond acceptors (Lipinski definition) is 6. The number of carbonyl (C=O) groups is 3. The Kier molecular flexibility index (Phi) is 5.23. The summed E-state index contributed by atoms with van der Waals surface area (Å²) in [6, 6.07) is 1.63. The molecule has 0 saturated carbocycles. The van der Waals surface area contributed by atoms with Crippen molar-refractivity contribution in [3.63, 3.8) is 0 Å². The van der Waals surface area contributed by atoms with E-state index in [1.165, 1.54) is 6.26 Å². The standard InChI is InChI=1S/C17H19NO6/c1-5-22-16(20)14-10(3)13(11(4)18-14)12(19)8-24-17(21)15-9(2)6-7-23-15/h6-7,18H,5,8H2,1-4H3. The summed E-state index contributed by atoms with van der Waals surface area (Å²) in [7, 11) is 0. The van der Waals surface area contributed by atoms with Crippen molar-refractivity contribution in [3.8, 4) is 0 Å². The second-order valence-corrected chi connectivity index (χ2v) is 5.28. The summed E-state index contributed by atoms with van der Waals surface area (Å²) in [5.74, 6) is -1.57. The van der Waals surface area contributed by atoms with E-state index in [2.05, 4.69) is 4.98 Å². The quantitative estimate of drug-likeness (QED) is 0.644. The maximum absolute atomic E-state index is 12.4. The van der Waals surface area contributed by atoms with Gasteiger partial charge >= 0.3 is 11.9 Å². The van der Waals surface area contributed by atoms with Crippen LogP contribution in [0.15, 0.2) is 16.7 Å². The Bertz CT molecular complexity index is 783. The van der Waals surface area contributed by atoms with Crippen molar-refractivity contribution < 1.29 is 28.3 Å².